The molecule has 0 bridgehead atoms. The minimum absolute atomic E-state index is 0.0323. The number of anilines is 2. The summed E-state index contributed by atoms with van der Waals surface area (Å²) in [5.41, 5.74) is 7.05. The van der Waals surface area contributed by atoms with Gasteiger partial charge in [-0.15, -0.1) is 0 Å². The van der Waals surface area contributed by atoms with Crippen LogP contribution in [0.4, 0.5) is 11.9 Å². The molecule has 2 aromatic rings. The molecule has 2 N–H and O–H groups in total. The first kappa shape index (κ1) is 17.6. The number of hydrogen-bond donors (Lipinski definition) is 1. The van der Waals surface area contributed by atoms with E-state index < -0.39 is 0 Å². The summed E-state index contributed by atoms with van der Waals surface area (Å²) < 4.78 is 6.11. The Morgan fingerprint density at radius 3 is 2.56 bits per heavy atom. The third-order valence-electron chi connectivity index (χ3n) is 4.58. The molecule has 0 radical (unpaired) electrons. The fourth-order valence-electron chi connectivity index (χ4n) is 3.23. The zero-order valence-corrected chi connectivity index (χ0v) is 15.3. The molecule has 0 amide bonds. The van der Waals surface area contributed by atoms with Crippen molar-refractivity contribution in [1.82, 2.24) is 19.9 Å². The quantitative estimate of drug-likeness (QED) is 0.908. The van der Waals surface area contributed by atoms with Crippen LogP contribution < -0.4 is 10.6 Å². The Balaban J connectivity index is 1.83. The van der Waals surface area contributed by atoms with Gasteiger partial charge in [0.1, 0.15) is 5.82 Å². The second-order valence-electron chi connectivity index (χ2n) is 6.73. The minimum atomic E-state index is 0.0323. The van der Waals surface area contributed by atoms with Gasteiger partial charge in [0, 0.05) is 26.2 Å². The first-order valence-corrected chi connectivity index (χ1v) is 8.55. The predicted octanol–water partition coefficient (Wildman–Crippen LogP) is 1.87. The summed E-state index contributed by atoms with van der Waals surface area (Å²) >= 11 is 0. The van der Waals surface area contributed by atoms with Crippen LogP contribution in [0, 0.1) is 0 Å². The molecule has 1 fully saturated rings. The van der Waals surface area contributed by atoms with Crippen LogP contribution in [0.2, 0.25) is 0 Å². The Labute approximate surface area is 148 Å². The van der Waals surface area contributed by atoms with Crippen molar-refractivity contribution in [2.24, 2.45) is 0 Å². The number of rotatable bonds is 4. The molecule has 3 rings (SSSR count). The summed E-state index contributed by atoms with van der Waals surface area (Å²) in [6.07, 6.45) is 0.0323. The van der Waals surface area contributed by atoms with Crippen molar-refractivity contribution in [1.29, 1.82) is 0 Å². The molecule has 7 heteroatoms. The van der Waals surface area contributed by atoms with Gasteiger partial charge in [0.15, 0.2) is 0 Å². The lowest BCUT2D eigenvalue weighted by molar-refractivity contribution is -0.100. The van der Waals surface area contributed by atoms with Crippen LogP contribution in [0.3, 0.4) is 0 Å². The van der Waals surface area contributed by atoms with Gasteiger partial charge in [0.05, 0.1) is 19.3 Å². The summed E-state index contributed by atoms with van der Waals surface area (Å²) in [7, 11) is 3.79. The van der Waals surface area contributed by atoms with Gasteiger partial charge >= 0.3 is 0 Å². The van der Waals surface area contributed by atoms with E-state index in [9.17, 15) is 0 Å². The Kier molecular flexibility index (Phi) is 5.15. The maximum absolute atomic E-state index is 6.11. The van der Waals surface area contributed by atoms with E-state index in [2.05, 4.69) is 45.8 Å². The van der Waals surface area contributed by atoms with Crippen LogP contribution in [0.1, 0.15) is 31.3 Å². The van der Waals surface area contributed by atoms with Gasteiger partial charge in [-0.2, -0.15) is 15.0 Å². The molecule has 1 aromatic heterocycles. The predicted molar refractivity (Wildman–Crippen MR) is 98.2 cm³/mol. The van der Waals surface area contributed by atoms with Gasteiger partial charge in [-0.1, -0.05) is 30.3 Å². The summed E-state index contributed by atoms with van der Waals surface area (Å²) in [5, 5.41) is 0. The Morgan fingerprint density at radius 2 is 1.88 bits per heavy atom. The standard InChI is InChI=1S/C18H26N6O/c1-12-11-25-16(14-8-6-5-7-9-14)13(2)24(12)10-15-20-17(19)22-18(21-15)23(3)4/h5-9,12-13,16H,10-11H2,1-4H3,(H2,19,20,21,22)/t12-,13-,16-/m0/s1. The number of morpholine rings is 1. The number of hydrogen-bond acceptors (Lipinski definition) is 7. The lowest BCUT2D eigenvalue weighted by Gasteiger charge is -2.43. The first-order chi connectivity index (χ1) is 12.0. The normalized spacial score (nSPS) is 24.2. The van der Waals surface area contributed by atoms with Crippen LogP contribution in [0.5, 0.6) is 0 Å². The zero-order chi connectivity index (χ0) is 18.0. The van der Waals surface area contributed by atoms with Crippen molar-refractivity contribution in [2.45, 2.75) is 38.6 Å². The van der Waals surface area contributed by atoms with Gasteiger partial charge in [-0.25, -0.2) is 0 Å². The second-order valence-corrected chi connectivity index (χ2v) is 6.73. The maximum atomic E-state index is 6.11. The SMILES string of the molecule is C[C@H]1CO[C@H](c2ccccc2)[C@H](C)N1Cc1nc(N)nc(N(C)C)n1. The third-order valence-corrected chi connectivity index (χ3v) is 4.58. The molecule has 25 heavy (non-hydrogen) atoms. The first-order valence-electron chi connectivity index (χ1n) is 8.55. The summed E-state index contributed by atoms with van der Waals surface area (Å²) in [6, 6.07) is 10.8. The van der Waals surface area contributed by atoms with E-state index in [0.29, 0.717) is 24.9 Å². The third kappa shape index (κ3) is 3.88. The molecular weight excluding hydrogens is 316 g/mol. The molecule has 3 atom stereocenters. The van der Waals surface area contributed by atoms with Crippen LogP contribution >= 0.6 is 0 Å². The molecule has 1 aliphatic rings. The fourth-order valence-corrected chi connectivity index (χ4v) is 3.23. The van der Waals surface area contributed by atoms with Crippen molar-refractivity contribution in [3.63, 3.8) is 0 Å². The van der Waals surface area contributed by atoms with E-state index in [1.165, 1.54) is 5.56 Å². The van der Waals surface area contributed by atoms with Crippen molar-refractivity contribution in [3.8, 4) is 0 Å². The molecular formula is C18H26N6O. The van der Waals surface area contributed by atoms with E-state index in [1.807, 2.05) is 37.2 Å². The van der Waals surface area contributed by atoms with Gasteiger partial charge in [-0.05, 0) is 19.4 Å². The van der Waals surface area contributed by atoms with Crippen molar-refractivity contribution >= 4 is 11.9 Å². The zero-order valence-electron chi connectivity index (χ0n) is 15.3. The van der Waals surface area contributed by atoms with Gasteiger partial charge in [0.2, 0.25) is 11.9 Å². The molecule has 1 aromatic carbocycles. The smallest absolute Gasteiger partial charge is 0.229 e. The molecule has 1 aliphatic heterocycles. The highest BCUT2D eigenvalue weighted by atomic mass is 16.5. The van der Waals surface area contributed by atoms with Gasteiger partial charge < -0.3 is 15.4 Å². The second kappa shape index (κ2) is 7.33. The van der Waals surface area contributed by atoms with E-state index in [1.54, 1.807) is 0 Å². The monoisotopic (exact) mass is 342 g/mol. The molecule has 7 nitrogen and oxygen atoms in total. The van der Waals surface area contributed by atoms with Crippen LogP contribution in [0.15, 0.2) is 30.3 Å². The number of nitrogens with two attached hydrogens (primary N) is 1. The highest BCUT2D eigenvalue weighted by Crippen LogP contribution is 2.31. The fraction of sp³-hybridized carbons (Fsp3) is 0.500. The number of ether oxygens (including phenoxy) is 1. The topological polar surface area (TPSA) is 80.4 Å². The summed E-state index contributed by atoms with van der Waals surface area (Å²) in [4.78, 5) is 17.2. The lowest BCUT2D eigenvalue weighted by Crippen LogP contribution is -2.50. The molecule has 0 spiro atoms. The van der Waals surface area contributed by atoms with Gasteiger partial charge in [0.25, 0.3) is 0 Å². The van der Waals surface area contributed by atoms with Crippen LogP contribution in [-0.2, 0) is 11.3 Å². The van der Waals surface area contributed by atoms with Gasteiger partial charge in [-0.3, -0.25) is 4.90 Å². The van der Waals surface area contributed by atoms with E-state index in [4.69, 9.17) is 10.5 Å². The molecule has 0 aliphatic carbocycles. The highest BCUT2D eigenvalue weighted by Gasteiger charge is 2.34. The average Bonchev–Trinajstić information content (AvgIpc) is 2.59. The average molecular weight is 342 g/mol. The summed E-state index contributed by atoms with van der Waals surface area (Å²) in [6.45, 7) is 5.63. The van der Waals surface area contributed by atoms with Crippen molar-refractivity contribution < 1.29 is 4.74 Å². The largest absolute Gasteiger partial charge is 0.370 e. The lowest BCUT2D eigenvalue weighted by atomic mass is 9.98. The molecule has 0 saturated carbocycles. The maximum Gasteiger partial charge on any atom is 0.229 e. The Bertz CT molecular complexity index is 708. The van der Waals surface area contributed by atoms with Crippen molar-refractivity contribution in [3.05, 3.63) is 41.7 Å². The molecule has 134 valence electrons. The van der Waals surface area contributed by atoms with E-state index >= 15 is 0 Å². The summed E-state index contributed by atoms with van der Waals surface area (Å²) in [5.74, 6) is 1.51. The molecule has 0 unspecified atom stereocenters. The number of aromatic nitrogens is 3. The molecule has 1 saturated heterocycles. The Hall–Kier alpha value is -2.25. The van der Waals surface area contributed by atoms with Crippen molar-refractivity contribution in [2.75, 3.05) is 31.3 Å². The molecule has 2 heterocycles. The van der Waals surface area contributed by atoms with Crippen LogP contribution in [0.25, 0.3) is 0 Å². The highest BCUT2D eigenvalue weighted by molar-refractivity contribution is 5.32. The number of nitrogen functional groups attached to an aromatic ring is 1. The van der Waals surface area contributed by atoms with Crippen LogP contribution in [-0.4, -0.2) is 52.6 Å². The van der Waals surface area contributed by atoms with E-state index in [0.717, 1.165) is 0 Å². The number of nitrogens with zero attached hydrogens (tertiary/aromatic N) is 5. The Morgan fingerprint density at radius 1 is 1.16 bits per heavy atom. The van der Waals surface area contributed by atoms with E-state index in [-0.39, 0.29) is 24.1 Å². The number of benzene rings is 1. The minimum Gasteiger partial charge on any atom is -0.370 e.